The molecule has 0 N–H and O–H groups in total. The Balaban J connectivity index is 0.00000441. The van der Waals surface area contributed by atoms with Crippen molar-refractivity contribution >= 4 is 0 Å². The van der Waals surface area contributed by atoms with Gasteiger partial charge in [0.25, 0.3) is 0 Å². The average Bonchev–Trinajstić information content (AvgIpc) is 2.69. The molecule has 0 bridgehead atoms. The third kappa shape index (κ3) is 6.99. The third-order valence-corrected chi connectivity index (χ3v) is 4.35. The van der Waals surface area contributed by atoms with Crippen LogP contribution in [0.1, 0.15) is 48.0 Å². The van der Waals surface area contributed by atoms with Gasteiger partial charge >= 0.3 is 16.8 Å². The van der Waals surface area contributed by atoms with E-state index in [2.05, 4.69) is 66.9 Å². The van der Waals surface area contributed by atoms with E-state index in [1.165, 1.54) is 0 Å². The minimum absolute atomic E-state index is 0. The molecule has 0 aromatic rings. The molecule has 0 aliphatic heterocycles. The molecule has 1 fully saturated rings. The molecule has 4 unspecified atom stereocenters. The predicted molar refractivity (Wildman–Crippen MR) is 94.9 cm³/mol. The molecule has 0 heterocycles. The van der Waals surface area contributed by atoms with Crippen LogP contribution in [0.3, 0.4) is 0 Å². The maximum Gasteiger partial charge on any atom is 2.00 e. The van der Waals surface area contributed by atoms with E-state index in [9.17, 15) is 0 Å². The van der Waals surface area contributed by atoms with Gasteiger partial charge in [0.05, 0.1) is 0 Å². The van der Waals surface area contributed by atoms with Gasteiger partial charge in [0.15, 0.2) is 0 Å². The first-order valence-electron chi connectivity index (χ1n) is 8.20. The van der Waals surface area contributed by atoms with E-state index in [0.29, 0.717) is 23.7 Å². The minimum Gasteiger partial charge on any atom is -0.657 e. The van der Waals surface area contributed by atoms with Gasteiger partial charge in [0.1, 0.15) is 0 Å². The van der Waals surface area contributed by atoms with E-state index >= 15 is 0 Å². The summed E-state index contributed by atoms with van der Waals surface area (Å²) in [4.78, 5) is 0. The zero-order valence-corrected chi connectivity index (χ0v) is 16.3. The predicted octanol–water partition coefficient (Wildman–Crippen LogP) is 5.57. The van der Waals surface area contributed by atoms with Crippen LogP contribution in [0.15, 0.2) is 25.3 Å². The normalized spacial score (nSPS) is 29.0. The van der Waals surface area contributed by atoms with Crippen LogP contribution in [0, 0.1) is 23.7 Å². The molecule has 1 aliphatic carbocycles. The van der Waals surface area contributed by atoms with E-state index in [1.54, 1.807) is 0 Å². The van der Waals surface area contributed by atoms with Crippen molar-refractivity contribution in [3.05, 3.63) is 35.9 Å². The zero-order valence-electron chi connectivity index (χ0n) is 15.2. The van der Waals surface area contributed by atoms with Crippen LogP contribution in [-0.2, 0) is 16.8 Å². The maximum atomic E-state index is 4.88. The van der Waals surface area contributed by atoms with Gasteiger partial charge < -0.3 is 10.6 Å². The summed E-state index contributed by atoms with van der Waals surface area (Å²) in [7, 11) is 0. The Kier molecular flexibility index (Phi) is 8.64. The summed E-state index contributed by atoms with van der Waals surface area (Å²) in [6.07, 6.45) is 5.40. The molecule has 0 amide bonds. The first kappa shape index (κ1) is 21.9. The summed E-state index contributed by atoms with van der Waals surface area (Å²) >= 11 is 0. The first-order chi connectivity index (χ1) is 9.57. The standard InChI is InChI=1S/C19H34N2.Co/c1-9-14-11-15(10-2)17(13-21-19(6,7)8)16(14)12-20-18(3,4)5;/h9-10,14-17H,1-2,11-13H2,3-8H3;/q-2;+2. The summed E-state index contributed by atoms with van der Waals surface area (Å²) in [5.41, 5.74) is 0.0629. The fraction of sp³-hybridized carbons (Fsp3) is 0.789. The molecular weight excluding hydrogens is 315 g/mol. The van der Waals surface area contributed by atoms with E-state index < -0.39 is 0 Å². The molecule has 0 spiro atoms. The van der Waals surface area contributed by atoms with Gasteiger partial charge in [-0.1, -0.05) is 65.5 Å². The number of rotatable bonds is 6. The van der Waals surface area contributed by atoms with E-state index in [0.717, 1.165) is 19.5 Å². The quantitative estimate of drug-likeness (QED) is 0.561. The molecule has 129 valence electrons. The van der Waals surface area contributed by atoms with Gasteiger partial charge in [-0.2, -0.15) is 0 Å². The summed E-state index contributed by atoms with van der Waals surface area (Å²) in [6, 6.07) is 0. The zero-order chi connectivity index (χ0) is 16.3. The molecule has 1 radical (unpaired) electrons. The second-order valence-electron chi connectivity index (χ2n) is 8.39. The second kappa shape index (κ2) is 8.67. The van der Waals surface area contributed by atoms with Crippen LogP contribution < -0.4 is 0 Å². The molecule has 0 saturated heterocycles. The van der Waals surface area contributed by atoms with Crippen LogP contribution in [0.5, 0.6) is 0 Å². The molecule has 0 aromatic carbocycles. The van der Waals surface area contributed by atoms with Crippen molar-refractivity contribution in [2.24, 2.45) is 23.7 Å². The third-order valence-electron chi connectivity index (χ3n) is 4.35. The first-order valence-corrected chi connectivity index (χ1v) is 8.20. The van der Waals surface area contributed by atoms with Crippen molar-refractivity contribution in [1.29, 1.82) is 0 Å². The average molecular weight is 349 g/mol. The fourth-order valence-corrected chi connectivity index (χ4v) is 3.14. The summed E-state index contributed by atoms with van der Waals surface area (Å²) in [5, 5.41) is 9.75. The Labute approximate surface area is 148 Å². The summed E-state index contributed by atoms with van der Waals surface area (Å²) in [6.45, 7) is 22.9. The van der Waals surface area contributed by atoms with E-state index in [4.69, 9.17) is 10.6 Å². The van der Waals surface area contributed by atoms with Crippen molar-refractivity contribution in [1.82, 2.24) is 0 Å². The van der Waals surface area contributed by atoms with Crippen LogP contribution in [-0.4, -0.2) is 24.2 Å². The molecule has 22 heavy (non-hydrogen) atoms. The molecule has 3 heteroatoms. The molecule has 4 atom stereocenters. The molecule has 0 aromatic heterocycles. The van der Waals surface area contributed by atoms with Crippen molar-refractivity contribution in [3.63, 3.8) is 0 Å². The smallest absolute Gasteiger partial charge is 0.657 e. The van der Waals surface area contributed by atoms with E-state index in [1.807, 2.05) is 0 Å². The fourth-order valence-electron chi connectivity index (χ4n) is 3.14. The van der Waals surface area contributed by atoms with Crippen LogP contribution in [0.4, 0.5) is 0 Å². The number of hydrogen-bond acceptors (Lipinski definition) is 0. The van der Waals surface area contributed by atoms with Crippen molar-refractivity contribution in [2.75, 3.05) is 13.1 Å². The topological polar surface area (TPSA) is 28.2 Å². The Morgan fingerprint density at radius 2 is 1.14 bits per heavy atom. The monoisotopic (exact) mass is 349 g/mol. The van der Waals surface area contributed by atoms with Crippen LogP contribution in [0.2, 0.25) is 0 Å². The minimum atomic E-state index is 0. The van der Waals surface area contributed by atoms with Gasteiger partial charge in [-0.25, -0.2) is 0 Å². The van der Waals surface area contributed by atoms with Crippen molar-refractivity contribution < 1.29 is 16.8 Å². The Hall–Kier alpha value is -0.0935. The van der Waals surface area contributed by atoms with Crippen molar-refractivity contribution in [3.8, 4) is 0 Å². The van der Waals surface area contributed by atoms with Gasteiger partial charge in [-0.3, -0.25) is 0 Å². The Morgan fingerprint density at radius 1 is 0.818 bits per heavy atom. The molecule has 1 rings (SSSR count). The van der Waals surface area contributed by atoms with Crippen LogP contribution in [0.25, 0.3) is 10.6 Å². The summed E-state index contributed by atoms with van der Waals surface area (Å²) < 4.78 is 0. The number of hydrogen-bond donors (Lipinski definition) is 0. The maximum absolute atomic E-state index is 4.88. The Morgan fingerprint density at radius 3 is 1.36 bits per heavy atom. The molecular formula is C19H34CoN2. The van der Waals surface area contributed by atoms with Gasteiger partial charge in [-0.05, 0) is 18.3 Å². The largest absolute Gasteiger partial charge is 2.00 e. The molecule has 1 aliphatic rings. The summed E-state index contributed by atoms with van der Waals surface area (Å²) in [5.74, 6) is 2.19. The van der Waals surface area contributed by atoms with Crippen molar-refractivity contribution in [2.45, 2.75) is 59.0 Å². The Bertz CT molecular complexity index is 317. The van der Waals surface area contributed by atoms with Crippen LogP contribution >= 0.6 is 0 Å². The second-order valence-corrected chi connectivity index (χ2v) is 8.39. The molecule has 1 saturated carbocycles. The number of nitrogens with zero attached hydrogens (tertiary/aromatic N) is 2. The van der Waals surface area contributed by atoms with Gasteiger partial charge in [0, 0.05) is 0 Å². The van der Waals surface area contributed by atoms with Gasteiger partial charge in [-0.15, -0.1) is 37.3 Å². The number of allylic oxidation sites excluding steroid dienone is 2. The van der Waals surface area contributed by atoms with Gasteiger partial charge in [0.2, 0.25) is 0 Å². The molecule has 2 nitrogen and oxygen atoms in total. The van der Waals surface area contributed by atoms with E-state index in [-0.39, 0.29) is 27.9 Å². The SMILES string of the molecule is C=CC1CC(C=C)C(C[N-]C(C)(C)C)C1C[N-]C(C)(C)C.[Co+2].